The van der Waals surface area contributed by atoms with Gasteiger partial charge in [0, 0.05) is 5.41 Å². The molecule has 148 valence electrons. The monoisotopic (exact) mass is 388 g/mol. The normalized spacial score (nSPS) is 54.3. The van der Waals surface area contributed by atoms with Crippen molar-refractivity contribution in [3.63, 3.8) is 0 Å². The zero-order valence-electron chi connectivity index (χ0n) is 16.4. The minimum Gasteiger partial charge on any atom is -0.393 e. The third-order valence-corrected chi connectivity index (χ3v) is 10.1. The Morgan fingerprint density at radius 1 is 1.00 bits per heavy atom. The van der Waals surface area contributed by atoms with Gasteiger partial charge < -0.3 is 15.3 Å². The summed E-state index contributed by atoms with van der Waals surface area (Å²) < 4.78 is 0. The van der Waals surface area contributed by atoms with Crippen LogP contribution in [0, 0.1) is 28.6 Å². The van der Waals surface area contributed by atoms with Crippen LogP contribution in [0.2, 0.25) is 0 Å². The predicted octanol–water partition coefficient (Wildman–Crippen LogP) is 4.23. The Bertz CT molecular complexity index is 760. The summed E-state index contributed by atoms with van der Waals surface area (Å²) in [6.45, 7) is 4.51. The molecule has 0 aliphatic heterocycles. The Labute approximate surface area is 166 Å². The van der Waals surface area contributed by atoms with Gasteiger partial charge in [-0.2, -0.15) is 11.3 Å². The molecule has 0 amide bonds. The molecule has 0 bridgehead atoms. The SMILES string of the molecule is C[C@]12CC[C@H](O)C[C@H]1CC[C@@H]1[C@@H]2CC[C@]2(C)[C@@](O)(c3ccsc3)C=C[C@]12O. The minimum atomic E-state index is -1.09. The highest BCUT2D eigenvalue weighted by molar-refractivity contribution is 7.08. The van der Waals surface area contributed by atoms with E-state index in [1.807, 2.05) is 29.0 Å². The van der Waals surface area contributed by atoms with Crippen molar-refractivity contribution in [1.29, 1.82) is 0 Å². The van der Waals surface area contributed by atoms with Crippen molar-refractivity contribution in [3.05, 3.63) is 34.5 Å². The summed E-state index contributed by atoms with van der Waals surface area (Å²) in [5, 5.41) is 38.0. The fraction of sp³-hybridized carbons (Fsp3) is 0.739. The van der Waals surface area contributed by atoms with Crippen LogP contribution in [-0.2, 0) is 5.60 Å². The summed E-state index contributed by atoms with van der Waals surface area (Å²) in [7, 11) is 0. The molecule has 0 radical (unpaired) electrons. The van der Waals surface area contributed by atoms with E-state index in [9.17, 15) is 15.3 Å². The fourth-order valence-electron chi connectivity index (χ4n) is 7.62. The maximum atomic E-state index is 12.1. The van der Waals surface area contributed by atoms with Crippen LogP contribution in [0.3, 0.4) is 0 Å². The van der Waals surface area contributed by atoms with E-state index in [0.717, 1.165) is 50.5 Å². The molecular weight excluding hydrogens is 356 g/mol. The highest BCUT2D eigenvalue weighted by Crippen LogP contribution is 2.69. The lowest BCUT2D eigenvalue weighted by atomic mass is 9.42. The first-order valence-corrected chi connectivity index (χ1v) is 11.5. The average molecular weight is 389 g/mol. The van der Waals surface area contributed by atoms with Gasteiger partial charge in [-0.05, 0) is 96.6 Å². The van der Waals surface area contributed by atoms with Crippen molar-refractivity contribution in [2.24, 2.45) is 28.6 Å². The molecule has 0 unspecified atom stereocenters. The summed E-state index contributed by atoms with van der Waals surface area (Å²) in [6, 6.07) is 2.00. The Kier molecular flexibility index (Phi) is 3.87. The first kappa shape index (κ1) is 18.4. The maximum Gasteiger partial charge on any atom is 0.117 e. The highest BCUT2D eigenvalue weighted by Gasteiger charge is 2.70. The van der Waals surface area contributed by atoms with Gasteiger partial charge in [-0.3, -0.25) is 0 Å². The van der Waals surface area contributed by atoms with Crippen LogP contribution >= 0.6 is 11.3 Å². The lowest BCUT2D eigenvalue weighted by Gasteiger charge is -2.64. The molecule has 3 N–H and O–H groups in total. The molecule has 3 nitrogen and oxygen atoms in total. The van der Waals surface area contributed by atoms with Crippen molar-refractivity contribution in [1.82, 2.24) is 0 Å². The number of hydrogen-bond donors (Lipinski definition) is 3. The van der Waals surface area contributed by atoms with Crippen LogP contribution in [0.4, 0.5) is 0 Å². The molecule has 4 aliphatic carbocycles. The van der Waals surface area contributed by atoms with E-state index in [1.54, 1.807) is 11.3 Å². The molecule has 1 aromatic heterocycles. The molecule has 8 atom stereocenters. The molecule has 0 saturated heterocycles. The van der Waals surface area contributed by atoms with Gasteiger partial charge >= 0.3 is 0 Å². The Hall–Kier alpha value is -0.680. The third kappa shape index (κ3) is 2.13. The van der Waals surface area contributed by atoms with E-state index in [-0.39, 0.29) is 17.4 Å². The largest absolute Gasteiger partial charge is 0.393 e. The summed E-state index contributed by atoms with van der Waals surface area (Å²) in [6.07, 6.45) is 10.5. The molecule has 3 saturated carbocycles. The van der Waals surface area contributed by atoms with E-state index < -0.39 is 16.6 Å². The second-order valence-electron chi connectivity index (χ2n) is 10.2. The standard InChI is InChI=1S/C23H32O3S/c1-20-8-5-17(24)13-15(20)3-4-19-18(20)6-9-21(2)22(25,10-11-23(19,21)26)16-7-12-27-14-16/h7,10-12,14-15,17-19,24-26H,3-6,8-9,13H2,1-2H3/t15-,17+,18+,19-,20+,21-,22+,23+/m1/s1. The van der Waals surface area contributed by atoms with Crippen LogP contribution in [0.1, 0.15) is 64.4 Å². The van der Waals surface area contributed by atoms with Gasteiger partial charge in [0.25, 0.3) is 0 Å². The summed E-state index contributed by atoms with van der Waals surface area (Å²) in [4.78, 5) is 0. The number of thiophene rings is 1. The first-order valence-electron chi connectivity index (χ1n) is 10.6. The van der Waals surface area contributed by atoms with Crippen LogP contribution in [-0.4, -0.2) is 27.0 Å². The van der Waals surface area contributed by atoms with Gasteiger partial charge in [-0.1, -0.05) is 19.9 Å². The molecule has 4 aliphatic rings. The highest BCUT2D eigenvalue weighted by atomic mass is 32.1. The van der Waals surface area contributed by atoms with Crippen LogP contribution in [0.25, 0.3) is 0 Å². The summed E-state index contributed by atoms with van der Waals surface area (Å²) >= 11 is 1.60. The molecule has 0 aromatic carbocycles. The van der Waals surface area contributed by atoms with Crippen molar-refractivity contribution in [2.75, 3.05) is 0 Å². The van der Waals surface area contributed by atoms with Crippen LogP contribution < -0.4 is 0 Å². The third-order valence-electron chi connectivity index (χ3n) is 9.45. The smallest absolute Gasteiger partial charge is 0.117 e. The van der Waals surface area contributed by atoms with Gasteiger partial charge in [0.2, 0.25) is 0 Å². The molecule has 3 fully saturated rings. The lowest BCUT2D eigenvalue weighted by Crippen LogP contribution is -2.65. The van der Waals surface area contributed by atoms with Crippen molar-refractivity contribution in [2.45, 2.75) is 76.1 Å². The minimum absolute atomic E-state index is 0.147. The second kappa shape index (κ2) is 5.69. The molecular formula is C23H32O3S. The molecule has 5 rings (SSSR count). The number of rotatable bonds is 1. The van der Waals surface area contributed by atoms with Gasteiger partial charge in [-0.15, -0.1) is 0 Å². The van der Waals surface area contributed by atoms with E-state index in [2.05, 4.69) is 13.8 Å². The number of hydrogen-bond acceptors (Lipinski definition) is 4. The van der Waals surface area contributed by atoms with E-state index in [4.69, 9.17) is 0 Å². The van der Waals surface area contributed by atoms with E-state index in [0.29, 0.717) is 11.8 Å². The molecule has 0 spiro atoms. The Morgan fingerprint density at radius 2 is 1.81 bits per heavy atom. The first-order chi connectivity index (χ1) is 12.7. The van der Waals surface area contributed by atoms with Crippen LogP contribution in [0.15, 0.2) is 29.0 Å². The van der Waals surface area contributed by atoms with Crippen molar-refractivity contribution < 1.29 is 15.3 Å². The molecule has 1 heterocycles. The van der Waals surface area contributed by atoms with Gasteiger partial charge in [0.15, 0.2) is 0 Å². The van der Waals surface area contributed by atoms with E-state index >= 15 is 0 Å². The zero-order chi connectivity index (χ0) is 19.1. The second-order valence-corrected chi connectivity index (χ2v) is 11.0. The summed E-state index contributed by atoms with van der Waals surface area (Å²) in [5.41, 5.74) is -1.51. The van der Waals surface area contributed by atoms with Gasteiger partial charge in [0.05, 0.1) is 11.7 Å². The molecule has 27 heavy (non-hydrogen) atoms. The fourth-order valence-corrected chi connectivity index (χ4v) is 8.33. The van der Waals surface area contributed by atoms with Crippen molar-refractivity contribution >= 4 is 11.3 Å². The Morgan fingerprint density at radius 3 is 2.56 bits per heavy atom. The zero-order valence-corrected chi connectivity index (χ0v) is 17.2. The quantitative estimate of drug-likeness (QED) is 0.631. The van der Waals surface area contributed by atoms with Crippen molar-refractivity contribution in [3.8, 4) is 0 Å². The topological polar surface area (TPSA) is 60.7 Å². The van der Waals surface area contributed by atoms with Crippen LogP contribution in [0.5, 0.6) is 0 Å². The maximum absolute atomic E-state index is 12.1. The number of fused-ring (bicyclic) bond motifs is 5. The number of aliphatic hydroxyl groups excluding tert-OH is 1. The van der Waals surface area contributed by atoms with Gasteiger partial charge in [0.1, 0.15) is 5.60 Å². The molecule has 1 aromatic rings. The molecule has 4 heteroatoms. The van der Waals surface area contributed by atoms with E-state index in [1.165, 1.54) is 0 Å². The lowest BCUT2D eigenvalue weighted by molar-refractivity contribution is -0.227. The Balaban J connectivity index is 1.54. The van der Waals surface area contributed by atoms with Gasteiger partial charge in [-0.25, -0.2) is 0 Å². The summed E-state index contributed by atoms with van der Waals surface area (Å²) in [5.74, 6) is 1.23. The predicted molar refractivity (Wildman–Crippen MR) is 107 cm³/mol. The number of aliphatic hydroxyl groups is 3. The average Bonchev–Trinajstić information content (AvgIpc) is 3.24.